The maximum absolute atomic E-state index is 12.6. The standard InChI is InChI=1S/C20H22ClN3O3/c1-12(2)17(24-19(26)15-6-4-5-7-16(15)21)20(27)23-14-10-8-13(9-11-14)18(25)22-3/h4-12,17H,1-3H3,(H,22,25)(H,23,27)(H,24,26). The van der Waals surface area contributed by atoms with E-state index in [-0.39, 0.29) is 17.7 Å². The number of hydrogen-bond donors (Lipinski definition) is 3. The molecule has 2 rings (SSSR count). The number of rotatable bonds is 6. The Morgan fingerprint density at radius 2 is 1.56 bits per heavy atom. The number of carbonyl (C=O) groups excluding carboxylic acids is 3. The van der Waals surface area contributed by atoms with Gasteiger partial charge in [0.2, 0.25) is 5.91 Å². The third kappa shape index (κ3) is 5.31. The number of benzene rings is 2. The van der Waals surface area contributed by atoms with Crippen molar-refractivity contribution in [2.45, 2.75) is 19.9 Å². The van der Waals surface area contributed by atoms with Gasteiger partial charge in [-0.05, 0) is 42.3 Å². The molecule has 3 amide bonds. The van der Waals surface area contributed by atoms with Gasteiger partial charge in [-0.2, -0.15) is 0 Å². The van der Waals surface area contributed by atoms with Crippen molar-refractivity contribution in [2.24, 2.45) is 5.92 Å². The molecule has 2 aromatic carbocycles. The van der Waals surface area contributed by atoms with Gasteiger partial charge in [-0.25, -0.2) is 0 Å². The van der Waals surface area contributed by atoms with Crippen molar-refractivity contribution < 1.29 is 14.4 Å². The van der Waals surface area contributed by atoms with Gasteiger partial charge in [-0.15, -0.1) is 0 Å². The highest BCUT2D eigenvalue weighted by atomic mass is 35.5. The van der Waals surface area contributed by atoms with Gasteiger partial charge in [0.25, 0.3) is 11.8 Å². The number of hydrogen-bond acceptors (Lipinski definition) is 3. The van der Waals surface area contributed by atoms with Crippen LogP contribution in [0.25, 0.3) is 0 Å². The normalized spacial score (nSPS) is 11.6. The molecule has 0 aliphatic heterocycles. The van der Waals surface area contributed by atoms with Crippen LogP contribution in [0, 0.1) is 5.92 Å². The number of nitrogens with one attached hydrogen (secondary N) is 3. The lowest BCUT2D eigenvalue weighted by molar-refractivity contribution is -0.118. The molecule has 3 N–H and O–H groups in total. The van der Waals surface area contributed by atoms with Gasteiger partial charge in [0, 0.05) is 18.3 Å². The van der Waals surface area contributed by atoms with E-state index in [1.54, 1.807) is 55.6 Å². The van der Waals surface area contributed by atoms with Crippen LogP contribution in [-0.4, -0.2) is 30.8 Å². The van der Waals surface area contributed by atoms with Gasteiger partial charge < -0.3 is 16.0 Å². The Bertz CT molecular complexity index is 835. The third-order valence-electron chi connectivity index (χ3n) is 4.00. The molecule has 0 fully saturated rings. The monoisotopic (exact) mass is 387 g/mol. The second-order valence-corrected chi connectivity index (χ2v) is 6.73. The van der Waals surface area contributed by atoms with Crippen LogP contribution in [0.1, 0.15) is 34.6 Å². The van der Waals surface area contributed by atoms with Gasteiger partial charge in [0.15, 0.2) is 0 Å². The van der Waals surface area contributed by atoms with Crippen molar-refractivity contribution in [1.29, 1.82) is 0 Å². The first-order valence-corrected chi connectivity index (χ1v) is 8.89. The van der Waals surface area contributed by atoms with E-state index in [2.05, 4.69) is 16.0 Å². The fourth-order valence-electron chi connectivity index (χ4n) is 2.47. The molecule has 6 nitrogen and oxygen atoms in total. The zero-order chi connectivity index (χ0) is 20.0. The summed E-state index contributed by atoms with van der Waals surface area (Å²) in [6.45, 7) is 3.68. The maximum Gasteiger partial charge on any atom is 0.253 e. The first-order valence-electron chi connectivity index (χ1n) is 8.52. The molecule has 7 heteroatoms. The highest BCUT2D eigenvalue weighted by Gasteiger charge is 2.25. The largest absolute Gasteiger partial charge is 0.355 e. The Balaban J connectivity index is 2.10. The summed E-state index contributed by atoms with van der Waals surface area (Å²) in [6.07, 6.45) is 0. The van der Waals surface area contributed by atoms with E-state index in [4.69, 9.17) is 11.6 Å². The van der Waals surface area contributed by atoms with Crippen LogP contribution in [0.2, 0.25) is 5.02 Å². The topological polar surface area (TPSA) is 87.3 Å². The molecule has 142 valence electrons. The second kappa shape index (κ2) is 9.19. The number of carbonyl (C=O) groups is 3. The lowest BCUT2D eigenvalue weighted by atomic mass is 10.0. The molecule has 1 atom stereocenters. The van der Waals surface area contributed by atoms with E-state index in [9.17, 15) is 14.4 Å². The Hall–Kier alpha value is -2.86. The zero-order valence-corrected chi connectivity index (χ0v) is 16.1. The first kappa shape index (κ1) is 20.5. The van der Waals surface area contributed by atoms with Gasteiger partial charge in [0.1, 0.15) is 6.04 Å². The molecule has 0 bridgehead atoms. The number of amides is 3. The van der Waals surface area contributed by atoms with Crippen LogP contribution in [-0.2, 0) is 4.79 Å². The maximum atomic E-state index is 12.6. The molecule has 0 aromatic heterocycles. The molecule has 1 unspecified atom stereocenters. The summed E-state index contributed by atoms with van der Waals surface area (Å²) in [5, 5.41) is 8.35. The molecule has 0 radical (unpaired) electrons. The Kier molecular flexibility index (Phi) is 6.96. The van der Waals surface area contributed by atoms with Crippen LogP contribution >= 0.6 is 11.6 Å². The fraction of sp³-hybridized carbons (Fsp3) is 0.250. The molecule has 0 saturated heterocycles. The van der Waals surface area contributed by atoms with Gasteiger partial charge in [-0.3, -0.25) is 14.4 Å². The Morgan fingerprint density at radius 1 is 0.926 bits per heavy atom. The minimum Gasteiger partial charge on any atom is -0.355 e. The molecule has 0 heterocycles. The molecule has 0 spiro atoms. The van der Waals surface area contributed by atoms with Crippen LogP contribution in [0.4, 0.5) is 5.69 Å². The van der Waals surface area contributed by atoms with Crippen molar-refractivity contribution in [3.05, 3.63) is 64.7 Å². The number of anilines is 1. The van der Waals surface area contributed by atoms with E-state index < -0.39 is 11.9 Å². The van der Waals surface area contributed by atoms with Crippen LogP contribution in [0.15, 0.2) is 48.5 Å². The van der Waals surface area contributed by atoms with Crippen LogP contribution in [0.5, 0.6) is 0 Å². The molecule has 2 aromatic rings. The van der Waals surface area contributed by atoms with E-state index in [1.165, 1.54) is 0 Å². The summed E-state index contributed by atoms with van der Waals surface area (Å²) >= 11 is 6.05. The van der Waals surface area contributed by atoms with E-state index in [0.717, 1.165) is 0 Å². The van der Waals surface area contributed by atoms with Crippen molar-refractivity contribution in [3.8, 4) is 0 Å². The van der Waals surface area contributed by atoms with E-state index >= 15 is 0 Å². The molecule has 0 saturated carbocycles. The molecular weight excluding hydrogens is 366 g/mol. The summed E-state index contributed by atoms with van der Waals surface area (Å²) in [6, 6.07) is 12.4. The summed E-state index contributed by atoms with van der Waals surface area (Å²) in [7, 11) is 1.55. The lowest BCUT2D eigenvalue weighted by Gasteiger charge is -2.22. The highest BCUT2D eigenvalue weighted by molar-refractivity contribution is 6.33. The third-order valence-corrected chi connectivity index (χ3v) is 4.33. The minimum atomic E-state index is -0.743. The molecule has 27 heavy (non-hydrogen) atoms. The summed E-state index contributed by atoms with van der Waals surface area (Å²) in [4.78, 5) is 36.7. The number of halogens is 1. The van der Waals surface area contributed by atoms with Crippen molar-refractivity contribution >= 4 is 35.0 Å². The Morgan fingerprint density at radius 3 is 2.11 bits per heavy atom. The van der Waals surface area contributed by atoms with Gasteiger partial charge in [0.05, 0.1) is 10.6 Å². The van der Waals surface area contributed by atoms with Crippen LogP contribution < -0.4 is 16.0 Å². The summed E-state index contributed by atoms with van der Waals surface area (Å²) in [5.74, 6) is -1.11. The highest BCUT2D eigenvalue weighted by Crippen LogP contribution is 2.16. The average molecular weight is 388 g/mol. The molecule has 0 aliphatic rings. The summed E-state index contributed by atoms with van der Waals surface area (Å²) < 4.78 is 0. The SMILES string of the molecule is CNC(=O)c1ccc(NC(=O)C(NC(=O)c2ccccc2Cl)C(C)C)cc1. The first-order chi connectivity index (χ1) is 12.8. The second-order valence-electron chi connectivity index (χ2n) is 6.32. The average Bonchev–Trinajstić information content (AvgIpc) is 2.65. The van der Waals surface area contributed by atoms with Crippen molar-refractivity contribution in [3.63, 3.8) is 0 Å². The zero-order valence-electron chi connectivity index (χ0n) is 15.4. The predicted octanol–water partition coefficient (Wildman–Crippen LogP) is 3.09. The lowest BCUT2D eigenvalue weighted by Crippen LogP contribution is -2.47. The van der Waals surface area contributed by atoms with E-state index in [1.807, 2.05) is 13.8 Å². The predicted molar refractivity (Wildman–Crippen MR) is 106 cm³/mol. The molecular formula is C20H22ClN3O3. The quantitative estimate of drug-likeness (QED) is 0.711. The fourth-order valence-corrected chi connectivity index (χ4v) is 2.69. The van der Waals surface area contributed by atoms with Crippen molar-refractivity contribution in [1.82, 2.24) is 10.6 Å². The minimum absolute atomic E-state index is 0.137. The van der Waals surface area contributed by atoms with Gasteiger partial charge in [-0.1, -0.05) is 37.6 Å². The van der Waals surface area contributed by atoms with E-state index in [0.29, 0.717) is 21.8 Å². The molecule has 0 aliphatic carbocycles. The smallest absolute Gasteiger partial charge is 0.253 e. The van der Waals surface area contributed by atoms with Crippen molar-refractivity contribution in [2.75, 3.05) is 12.4 Å². The Labute approximate surface area is 163 Å². The summed E-state index contributed by atoms with van der Waals surface area (Å²) in [5.41, 5.74) is 1.33. The van der Waals surface area contributed by atoms with Crippen LogP contribution in [0.3, 0.4) is 0 Å². The van der Waals surface area contributed by atoms with Gasteiger partial charge >= 0.3 is 0 Å².